The smallest absolute Gasteiger partial charge is 0.419 e. The Morgan fingerprint density at radius 3 is 2.58 bits per heavy atom. The Balaban J connectivity index is 2.07. The minimum absolute atomic E-state index is 0.293. The van der Waals surface area contributed by atoms with E-state index in [0.29, 0.717) is 6.54 Å². The second-order valence-electron chi connectivity index (χ2n) is 5.31. The fourth-order valence-corrected chi connectivity index (χ4v) is 2.20. The van der Waals surface area contributed by atoms with Crippen molar-refractivity contribution in [2.24, 2.45) is 0 Å². The molecule has 1 amide bonds. The van der Waals surface area contributed by atoms with Crippen LogP contribution in [0.4, 0.5) is 13.2 Å². The fourth-order valence-electron chi connectivity index (χ4n) is 2.20. The predicted molar refractivity (Wildman–Crippen MR) is 82.2 cm³/mol. The van der Waals surface area contributed by atoms with E-state index in [-0.39, 0.29) is 5.75 Å². The molecule has 2 rings (SSSR count). The molecule has 0 spiro atoms. The van der Waals surface area contributed by atoms with Crippen molar-refractivity contribution < 1.29 is 22.7 Å². The molecule has 0 aliphatic rings. The molecule has 24 heavy (non-hydrogen) atoms. The van der Waals surface area contributed by atoms with Gasteiger partial charge < -0.3 is 9.64 Å². The second kappa shape index (κ2) is 7.33. The van der Waals surface area contributed by atoms with Crippen LogP contribution >= 0.6 is 0 Å². The van der Waals surface area contributed by atoms with Gasteiger partial charge in [-0.1, -0.05) is 18.2 Å². The van der Waals surface area contributed by atoms with Gasteiger partial charge in [-0.15, -0.1) is 0 Å². The Hall–Kier alpha value is -2.57. The highest BCUT2D eigenvalue weighted by Gasteiger charge is 2.35. The number of para-hydroxylation sites is 1. The minimum Gasteiger partial charge on any atom is -0.480 e. The molecular formula is C17H17F3N2O2. The number of hydrogen-bond donors (Lipinski definition) is 0. The molecule has 1 atom stereocenters. The van der Waals surface area contributed by atoms with Crippen molar-refractivity contribution in [3.63, 3.8) is 0 Å². The summed E-state index contributed by atoms with van der Waals surface area (Å²) in [4.78, 5) is 17.7. The number of amides is 1. The van der Waals surface area contributed by atoms with Gasteiger partial charge in [-0.3, -0.25) is 9.78 Å². The zero-order chi connectivity index (χ0) is 17.7. The molecule has 0 aliphatic heterocycles. The first kappa shape index (κ1) is 17.8. The molecule has 0 bridgehead atoms. The van der Waals surface area contributed by atoms with Crippen molar-refractivity contribution in [1.29, 1.82) is 0 Å². The van der Waals surface area contributed by atoms with Gasteiger partial charge in [0.15, 0.2) is 6.10 Å². The normalized spacial score (nSPS) is 12.5. The second-order valence-corrected chi connectivity index (χ2v) is 5.31. The largest absolute Gasteiger partial charge is 0.480 e. The van der Waals surface area contributed by atoms with E-state index in [1.54, 1.807) is 31.6 Å². The van der Waals surface area contributed by atoms with Crippen molar-refractivity contribution >= 4 is 5.91 Å². The van der Waals surface area contributed by atoms with Crippen LogP contribution in [0, 0.1) is 0 Å². The summed E-state index contributed by atoms with van der Waals surface area (Å²) in [5.41, 5.74) is -0.0872. The summed E-state index contributed by atoms with van der Waals surface area (Å²) in [7, 11) is 1.56. The third-order valence-electron chi connectivity index (χ3n) is 3.36. The molecule has 0 saturated heterocycles. The average molecular weight is 338 g/mol. The summed E-state index contributed by atoms with van der Waals surface area (Å²) in [6.45, 7) is 1.72. The SMILES string of the molecule is C[C@@H](Oc1ccccc1C(F)(F)F)C(=O)N(C)Cc1cccnc1. The molecule has 0 saturated carbocycles. The first-order valence-corrected chi connectivity index (χ1v) is 7.26. The zero-order valence-corrected chi connectivity index (χ0v) is 13.2. The number of hydrogen-bond acceptors (Lipinski definition) is 3. The number of carbonyl (C=O) groups excluding carboxylic acids is 1. The van der Waals surface area contributed by atoms with Crippen molar-refractivity contribution in [1.82, 2.24) is 9.88 Å². The van der Waals surface area contributed by atoms with Crippen molar-refractivity contribution in [3.05, 3.63) is 59.9 Å². The Kier molecular flexibility index (Phi) is 5.43. The van der Waals surface area contributed by atoms with Crippen LogP contribution in [0.25, 0.3) is 0 Å². The summed E-state index contributed by atoms with van der Waals surface area (Å²) < 4.78 is 44.2. The molecule has 0 radical (unpaired) electrons. The molecule has 4 nitrogen and oxygen atoms in total. The summed E-state index contributed by atoms with van der Waals surface area (Å²) in [5.74, 6) is -0.781. The molecule has 2 aromatic rings. The molecule has 1 aromatic heterocycles. The van der Waals surface area contributed by atoms with Crippen molar-refractivity contribution in [3.8, 4) is 5.75 Å². The number of ether oxygens (including phenoxy) is 1. The number of rotatable bonds is 5. The highest BCUT2D eigenvalue weighted by molar-refractivity contribution is 5.80. The topological polar surface area (TPSA) is 42.4 Å². The van der Waals surface area contributed by atoms with E-state index in [0.717, 1.165) is 11.6 Å². The van der Waals surface area contributed by atoms with Crippen LogP contribution in [0.2, 0.25) is 0 Å². The van der Waals surface area contributed by atoms with Crippen molar-refractivity contribution in [2.75, 3.05) is 7.05 Å². The standard InChI is InChI=1S/C17H17F3N2O2/c1-12(16(23)22(2)11-13-6-5-9-21-10-13)24-15-8-4-3-7-14(15)17(18,19)20/h3-10,12H,11H2,1-2H3/t12-/m1/s1. The Bertz CT molecular complexity index is 690. The number of aromatic nitrogens is 1. The summed E-state index contributed by atoms with van der Waals surface area (Å²) >= 11 is 0. The quantitative estimate of drug-likeness (QED) is 0.838. The van der Waals surface area contributed by atoms with Crippen molar-refractivity contribution in [2.45, 2.75) is 25.7 Å². The maximum Gasteiger partial charge on any atom is 0.419 e. The van der Waals surface area contributed by atoms with E-state index in [1.807, 2.05) is 0 Å². The molecule has 1 heterocycles. The molecule has 0 N–H and O–H groups in total. The lowest BCUT2D eigenvalue weighted by Gasteiger charge is -2.23. The lowest BCUT2D eigenvalue weighted by molar-refractivity contribution is -0.143. The maximum absolute atomic E-state index is 13.0. The third kappa shape index (κ3) is 4.47. The summed E-state index contributed by atoms with van der Waals surface area (Å²) in [5, 5.41) is 0. The molecule has 0 aliphatic carbocycles. The van der Waals surface area contributed by atoms with Crippen LogP contribution in [-0.2, 0) is 17.5 Å². The molecular weight excluding hydrogens is 321 g/mol. The van der Waals surface area contributed by atoms with Gasteiger partial charge in [0.05, 0.1) is 5.56 Å². The van der Waals surface area contributed by atoms with Gasteiger partial charge >= 0.3 is 6.18 Å². The minimum atomic E-state index is -4.54. The van der Waals surface area contributed by atoms with Gasteiger partial charge in [0.25, 0.3) is 5.91 Å². The summed E-state index contributed by atoms with van der Waals surface area (Å²) in [6, 6.07) is 8.38. The van der Waals surface area contributed by atoms with E-state index >= 15 is 0 Å². The highest BCUT2D eigenvalue weighted by Crippen LogP contribution is 2.36. The number of nitrogens with zero attached hydrogens (tertiary/aromatic N) is 2. The number of carbonyl (C=O) groups is 1. The van der Waals surface area contributed by atoms with Gasteiger partial charge in [0.2, 0.25) is 0 Å². The van der Waals surface area contributed by atoms with E-state index in [1.165, 1.54) is 30.0 Å². The Morgan fingerprint density at radius 2 is 1.96 bits per heavy atom. The van der Waals surface area contributed by atoms with Gasteiger partial charge in [-0.2, -0.15) is 13.2 Å². The maximum atomic E-state index is 13.0. The zero-order valence-electron chi connectivity index (χ0n) is 13.2. The van der Waals surface area contributed by atoms with Crippen LogP contribution in [-0.4, -0.2) is 28.9 Å². The monoisotopic (exact) mass is 338 g/mol. The third-order valence-corrected chi connectivity index (χ3v) is 3.36. The molecule has 7 heteroatoms. The average Bonchev–Trinajstić information content (AvgIpc) is 2.54. The number of alkyl halides is 3. The van der Waals surface area contributed by atoms with E-state index in [9.17, 15) is 18.0 Å². The van der Waals surface area contributed by atoms with Gasteiger partial charge in [-0.25, -0.2) is 0 Å². The lowest BCUT2D eigenvalue weighted by Crippen LogP contribution is -2.37. The van der Waals surface area contributed by atoms with Gasteiger partial charge in [0.1, 0.15) is 5.75 Å². The van der Waals surface area contributed by atoms with Crippen LogP contribution in [0.5, 0.6) is 5.75 Å². The number of pyridine rings is 1. The number of likely N-dealkylation sites (N-methyl/N-ethyl adjacent to an activating group) is 1. The van der Waals surface area contributed by atoms with E-state index in [2.05, 4.69) is 4.98 Å². The van der Waals surface area contributed by atoms with Crippen LogP contribution < -0.4 is 4.74 Å². The molecule has 0 fully saturated rings. The molecule has 1 aromatic carbocycles. The highest BCUT2D eigenvalue weighted by atomic mass is 19.4. The van der Waals surface area contributed by atoms with E-state index < -0.39 is 23.8 Å². The predicted octanol–water partition coefficient (Wildman–Crippen LogP) is 3.53. The summed E-state index contributed by atoms with van der Waals surface area (Å²) in [6.07, 6.45) is -2.35. The van der Waals surface area contributed by atoms with Crippen LogP contribution in [0.1, 0.15) is 18.1 Å². The number of benzene rings is 1. The Morgan fingerprint density at radius 1 is 1.25 bits per heavy atom. The first-order valence-electron chi connectivity index (χ1n) is 7.26. The fraction of sp³-hybridized carbons (Fsp3) is 0.294. The van der Waals surface area contributed by atoms with Gasteiger partial charge in [0, 0.05) is 26.0 Å². The van der Waals surface area contributed by atoms with Crippen LogP contribution in [0.3, 0.4) is 0 Å². The molecule has 0 unspecified atom stereocenters. The first-order chi connectivity index (χ1) is 11.3. The van der Waals surface area contributed by atoms with E-state index in [4.69, 9.17) is 4.74 Å². The van der Waals surface area contributed by atoms with Gasteiger partial charge in [-0.05, 0) is 30.7 Å². The Labute approximate surface area is 137 Å². The van der Waals surface area contributed by atoms with Crippen LogP contribution in [0.15, 0.2) is 48.8 Å². The molecule has 128 valence electrons. The number of halogens is 3. The lowest BCUT2D eigenvalue weighted by atomic mass is 10.2.